The van der Waals surface area contributed by atoms with E-state index in [0.29, 0.717) is 12.1 Å². The second-order valence-corrected chi connectivity index (χ2v) is 8.03. The minimum Gasteiger partial charge on any atom is -0.550 e. The molecule has 204 valence electrons. The number of alkyl halides is 3. The zero-order valence-corrected chi connectivity index (χ0v) is 19.1. The smallest absolute Gasteiger partial charge is 0.451 e. The van der Waals surface area contributed by atoms with Crippen LogP contribution in [0.25, 0.3) is 0 Å². The number of benzene rings is 1. The molecule has 1 aliphatic heterocycles. The summed E-state index contributed by atoms with van der Waals surface area (Å²) in [6.07, 6.45) is -5.45. The quantitative estimate of drug-likeness (QED) is 0.354. The molecule has 1 aliphatic rings. The number of carbonyl (C=O) groups excluding carboxylic acids is 3. The third kappa shape index (κ3) is 8.73. The Labute approximate surface area is 205 Å². The topological polar surface area (TPSA) is 157 Å². The normalized spacial score (nSPS) is 13.9. The molecule has 10 nitrogen and oxygen atoms in total. The molecule has 0 radical (unpaired) electrons. The van der Waals surface area contributed by atoms with E-state index in [2.05, 4.69) is 10.2 Å². The van der Waals surface area contributed by atoms with Gasteiger partial charge in [-0.15, -0.1) is 10.2 Å². The number of nitrogens with two attached hydrogens (primary N) is 1. The lowest BCUT2D eigenvalue weighted by Crippen LogP contribution is -2.42. The Kier molecular flexibility index (Phi) is 9.99. The summed E-state index contributed by atoms with van der Waals surface area (Å²) in [6, 6.07) is 0.184. The number of carbonyl (C=O) groups is 3. The van der Waals surface area contributed by atoms with Crippen LogP contribution in [0.15, 0.2) is 12.1 Å². The first-order valence-electron chi connectivity index (χ1n) is 10.7. The van der Waals surface area contributed by atoms with Gasteiger partial charge in [0.05, 0.1) is 6.54 Å². The highest BCUT2D eigenvalue weighted by Gasteiger charge is 2.40. The van der Waals surface area contributed by atoms with Gasteiger partial charge in [-0.2, -0.15) is 13.2 Å². The van der Waals surface area contributed by atoms with E-state index in [0.717, 1.165) is 4.57 Å². The zero-order valence-electron chi connectivity index (χ0n) is 19.1. The molecule has 16 heteroatoms. The van der Waals surface area contributed by atoms with Crippen LogP contribution in [0.3, 0.4) is 0 Å². The lowest BCUT2D eigenvalue weighted by Gasteiger charge is -2.29. The summed E-state index contributed by atoms with van der Waals surface area (Å²) >= 11 is 0. The van der Waals surface area contributed by atoms with Crippen molar-refractivity contribution in [2.75, 3.05) is 6.54 Å². The Morgan fingerprint density at radius 2 is 1.57 bits per heavy atom. The van der Waals surface area contributed by atoms with Crippen molar-refractivity contribution in [3.8, 4) is 0 Å². The van der Waals surface area contributed by atoms with Crippen LogP contribution in [0.1, 0.15) is 42.9 Å². The number of nitrogens with zero attached hydrogens (tertiary/aromatic N) is 4. The number of hydrogen-bond donors (Lipinski definition) is 1. The summed E-state index contributed by atoms with van der Waals surface area (Å²) < 4.78 is 79.3. The molecular formula is C21H21F6N5O5-2. The molecule has 1 atom stereocenters. The van der Waals surface area contributed by atoms with Crippen molar-refractivity contribution >= 4 is 17.8 Å². The number of aromatic nitrogens is 3. The fourth-order valence-electron chi connectivity index (χ4n) is 3.39. The monoisotopic (exact) mass is 537 g/mol. The Morgan fingerprint density at radius 1 is 0.973 bits per heavy atom. The predicted molar refractivity (Wildman–Crippen MR) is 107 cm³/mol. The third-order valence-electron chi connectivity index (χ3n) is 5.13. The molecule has 0 bridgehead atoms. The molecule has 1 aromatic carbocycles. The van der Waals surface area contributed by atoms with Crippen LogP contribution in [-0.2, 0) is 40.1 Å². The van der Waals surface area contributed by atoms with Crippen molar-refractivity contribution in [2.24, 2.45) is 5.73 Å². The standard InChI is InChI=1S/C16H15F6N5O.C5H8O4/c17-10-6-12(19)11(18)4-8(10)3-9(23)5-14(28)26-1-2-27-13(7-26)24-25-15(27)16(20,21)22;6-4(7)2-1-3-5(8)9/h4,6,9H,1-3,5,7,23H2;1-3H2,(H,6,7)(H,8,9)/p-2/t9-;/m1./s1. The van der Waals surface area contributed by atoms with Crippen molar-refractivity contribution in [1.82, 2.24) is 19.7 Å². The summed E-state index contributed by atoms with van der Waals surface area (Å²) in [4.78, 5) is 32.9. The van der Waals surface area contributed by atoms with Crippen LogP contribution in [0.4, 0.5) is 26.3 Å². The van der Waals surface area contributed by atoms with Gasteiger partial charge in [0.25, 0.3) is 0 Å². The Hall–Kier alpha value is -3.69. The van der Waals surface area contributed by atoms with Gasteiger partial charge < -0.3 is 35.0 Å². The van der Waals surface area contributed by atoms with Crippen molar-refractivity contribution in [3.63, 3.8) is 0 Å². The average Bonchev–Trinajstić information content (AvgIpc) is 3.21. The lowest BCUT2D eigenvalue weighted by atomic mass is 10.0. The zero-order chi connectivity index (χ0) is 27.9. The first-order valence-corrected chi connectivity index (χ1v) is 10.7. The molecule has 2 aromatic rings. The fourth-order valence-corrected chi connectivity index (χ4v) is 3.39. The van der Waals surface area contributed by atoms with Crippen LogP contribution in [0.5, 0.6) is 0 Å². The Bertz CT molecular complexity index is 1130. The van der Waals surface area contributed by atoms with Gasteiger partial charge in [-0.05, 0) is 37.3 Å². The maximum Gasteiger partial charge on any atom is 0.451 e. The van der Waals surface area contributed by atoms with Crippen LogP contribution < -0.4 is 15.9 Å². The molecule has 0 aliphatic carbocycles. The van der Waals surface area contributed by atoms with E-state index in [4.69, 9.17) is 5.73 Å². The average molecular weight is 537 g/mol. The number of amides is 1. The van der Waals surface area contributed by atoms with Gasteiger partial charge in [-0.25, -0.2) is 13.2 Å². The van der Waals surface area contributed by atoms with E-state index >= 15 is 0 Å². The highest BCUT2D eigenvalue weighted by Crippen LogP contribution is 2.29. The van der Waals surface area contributed by atoms with Gasteiger partial charge >= 0.3 is 6.18 Å². The summed E-state index contributed by atoms with van der Waals surface area (Å²) in [5.41, 5.74) is 5.64. The Balaban J connectivity index is 0.000000458. The molecule has 0 unspecified atom stereocenters. The Morgan fingerprint density at radius 3 is 2.14 bits per heavy atom. The second kappa shape index (κ2) is 12.5. The lowest BCUT2D eigenvalue weighted by molar-refractivity contribution is -0.307. The maximum absolute atomic E-state index is 13.7. The van der Waals surface area contributed by atoms with Crippen molar-refractivity contribution in [2.45, 2.75) is 57.4 Å². The molecule has 37 heavy (non-hydrogen) atoms. The van der Waals surface area contributed by atoms with Gasteiger partial charge in [0.1, 0.15) is 5.82 Å². The number of fused-ring (bicyclic) bond motifs is 1. The number of hydrogen-bond acceptors (Lipinski definition) is 8. The molecule has 2 heterocycles. The molecule has 1 aromatic heterocycles. The summed E-state index contributed by atoms with van der Waals surface area (Å²) in [5.74, 6) is -7.60. The molecule has 1 amide bonds. The largest absolute Gasteiger partial charge is 0.550 e. The maximum atomic E-state index is 13.7. The fraction of sp³-hybridized carbons (Fsp3) is 0.476. The van der Waals surface area contributed by atoms with Gasteiger partial charge in [-0.3, -0.25) is 4.79 Å². The molecule has 2 N–H and O–H groups in total. The molecule has 0 fully saturated rings. The predicted octanol–water partition coefficient (Wildman–Crippen LogP) is -0.327. The molecule has 0 saturated carbocycles. The number of rotatable bonds is 8. The third-order valence-corrected chi connectivity index (χ3v) is 5.13. The molecule has 3 rings (SSSR count). The minimum absolute atomic E-state index is 0.000783. The molecule has 0 spiro atoms. The van der Waals surface area contributed by atoms with Gasteiger partial charge in [0, 0.05) is 43.6 Å². The summed E-state index contributed by atoms with van der Waals surface area (Å²) in [5, 5.41) is 25.9. The van der Waals surface area contributed by atoms with Crippen molar-refractivity contribution < 1.29 is 50.9 Å². The number of carboxylic acids is 2. The van der Waals surface area contributed by atoms with E-state index < -0.39 is 53.3 Å². The van der Waals surface area contributed by atoms with Gasteiger partial charge in [0.15, 0.2) is 17.5 Å². The SMILES string of the molecule is N[C@@H](CC(=O)N1CCn2c(nnc2C(F)(F)F)C1)Cc1cc(F)c(F)cc1F.O=C([O-])CCCC(=O)[O-]. The highest BCUT2D eigenvalue weighted by molar-refractivity contribution is 5.77. The van der Waals surface area contributed by atoms with Crippen LogP contribution in [0, 0.1) is 17.5 Å². The van der Waals surface area contributed by atoms with Crippen LogP contribution >= 0.6 is 0 Å². The van der Waals surface area contributed by atoms with E-state index in [1.54, 1.807) is 0 Å². The molecular weight excluding hydrogens is 516 g/mol. The highest BCUT2D eigenvalue weighted by atomic mass is 19.4. The first-order chi connectivity index (χ1) is 17.2. The van der Waals surface area contributed by atoms with Crippen molar-refractivity contribution in [1.29, 1.82) is 0 Å². The van der Waals surface area contributed by atoms with Gasteiger partial charge in [0.2, 0.25) is 11.7 Å². The minimum atomic E-state index is -4.64. The first kappa shape index (κ1) is 29.5. The van der Waals surface area contributed by atoms with Crippen LogP contribution in [0.2, 0.25) is 0 Å². The molecule has 0 saturated heterocycles. The number of carboxylic acid groups (broad SMARTS) is 2. The van der Waals surface area contributed by atoms with Gasteiger partial charge in [-0.1, -0.05) is 0 Å². The van der Waals surface area contributed by atoms with E-state index in [-0.39, 0.29) is 63.1 Å². The second-order valence-electron chi connectivity index (χ2n) is 8.03. The number of aliphatic carboxylic acids is 2. The van der Waals surface area contributed by atoms with E-state index in [9.17, 15) is 50.9 Å². The van der Waals surface area contributed by atoms with Crippen LogP contribution in [-0.4, -0.2) is 50.1 Å². The van der Waals surface area contributed by atoms with Crippen molar-refractivity contribution in [3.05, 3.63) is 46.8 Å². The number of halogens is 6. The van der Waals surface area contributed by atoms with E-state index in [1.165, 1.54) is 4.90 Å². The van der Waals surface area contributed by atoms with E-state index in [1.807, 2.05) is 0 Å². The summed E-state index contributed by atoms with van der Waals surface area (Å²) in [6.45, 7) is -0.302. The summed E-state index contributed by atoms with van der Waals surface area (Å²) in [7, 11) is 0.